The third-order valence-corrected chi connectivity index (χ3v) is 11.5. The predicted molar refractivity (Wildman–Crippen MR) is 175 cm³/mol. The maximum absolute atomic E-state index is 13.6. The van der Waals surface area contributed by atoms with Crippen LogP contribution in [0.3, 0.4) is 0 Å². The Balaban J connectivity index is 0.000000164. The summed E-state index contributed by atoms with van der Waals surface area (Å²) in [5.41, 5.74) is -1.53. The molecule has 12 nitrogen and oxygen atoms in total. The lowest BCUT2D eigenvalue weighted by molar-refractivity contribution is -0.216. The maximum Gasteiger partial charge on any atom is 0.308 e. The first-order chi connectivity index (χ1) is 25.2. The topological polar surface area (TPSA) is 141 Å². The van der Waals surface area contributed by atoms with Crippen LogP contribution in [0.25, 0.3) is 0 Å². The van der Waals surface area contributed by atoms with Gasteiger partial charge in [-0.05, 0) is 49.9 Å². The van der Waals surface area contributed by atoms with Crippen molar-refractivity contribution in [2.24, 2.45) is 22.7 Å². The van der Waals surface area contributed by atoms with Crippen molar-refractivity contribution in [3.05, 3.63) is 59.7 Å². The summed E-state index contributed by atoms with van der Waals surface area (Å²) in [5.74, 6) is -8.37. The molecule has 4 heterocycles. The number of carboxylic acid groups (broad SMARTS) is 1. The SMILES string of the molecule is COC(=O)[C@@H]1CC2(C[C@]3(CCN(c4cc(F)cc(F)c4)C3=O)C1)OCCO2.O=C(O)[C@@H]1CC2(C[C@@]3(CCN(c4cc(F)cc(F)c4)C3=O)C1)OCCO2. The fourth-order valence-corrected chi connectivity index (χ4v) is 9.33. The van der Waals surface area contributed by atoms with Crippen molar-refractivity contribution in [2.45, 2.75) is 62.9 Å². The van der Waals surface area contributed by atoms with Crippen molar-refractivity contribution < 1.29 is 65.5 Å². The molecule has 1 N–H and O–H groups in total. The zero-order chi connectivity index (χ0) is 37.8. The molecule has 2 aliphatic carbocycles. The van der Waals surface area contributed by atoms with E-state index in [9.17, 15) is 41.8 Å². The molecular weight excluding hydrogens is 708 g/mol. The van der Waals surface area contributed by atoms with E-state index in [0.29, 0.717) is 65.1 Å². The van der Waals surface area contributed by atoms with Crippen LogP contribution < -0.4 is 9.80 Å². The monoisotopic (exact) mass is 748 g/mol. The van der Waals surface area contributed by atoms with Gasteiger partial charge in [0.2, 0.25) is 11.8 Å². The second kappa shape index (κ2) is 13.9. The average molecular weight is 749 g/mol. The summed E-state index contributed by atoms with van der Waals surface area (Å²) in [5, 5.41) is 9.53. The van der Waals surface area contributed by atoms with E-state index in [0.717, 1.165) is 36.4 Å². The number of aliphatic carboxylic acids is 1. The van der Waals surface area contributed by atoms with E-state index < -0.39 is 69.4 Å². The fourth-order valence-electron chi connectivity index (χ4n) is 9.33. The number of esters is 1. The molecule has 53 heavy (non-hydrogen) atoms. The van der Waals surface area contributed by atoms with Crippen LogP contribution in [0.2, 0.25) is 0 Å². The molecule has 6 fully saturated rings. The van der Waals surface area contributed by atoms with Gasteiger partial charge >= 0.3 is 11.9 Å². The number of anilines is 2. The molecule has 2 amide bonds. The highest BCUT2D eigenvalue weighted by atomic mass is 19.1. The Kier molecular flexibility index (Phi) is 9.79. The molecular formula is C37H40F4N2O10. The number of halogens is 4. The smallest absolute Gasteiger partial charge is 0.308 e. The van der Waals surface area contributed by atoms with E-state index in [1.165, 1.54) is 16.9 Å². The summed E-state index contributed by atoms with van der Waals surface area (Å²) in [6, 6.07) is 6.00. The van der Waals surface area contributed by atoms with Crippen LogP contribution in [-0.4, -0.2) is 87.1 Å². The normalized spacial score (nSPS) is 30.1. The lowest BCUT2D eigenvalue weighted by Crippen LogP contribution is -2.51. The van der Waals surface area contributed by atoms with Gasteiger partial charge in [0, 0.05) is 62.3 Å². The highest BCUT2D eigenvalue weighted by Crippen LogP contribution is 2.55. The number of carboxylic acids is 1. The Hall–Kier alpha value is -4.12. The minimum absolute atomic E-state index is 0.143. The van der Waals surface area contributed by atoms with Crippen molar-refractivity contribution in [1.29, 1.82) is 0 Å². The molecule has 16 heteroatoms. The first-order valence-electron chi connectivity index (χ1n) is 17.6. The molecule has 4 aliphatic heterocycles. The van der Waals surface area contributed by atoms with Crippen LogP contribution >= 0.6 is 0 Å². The van der Waals surface area contributed by atoms with Gasteiger partial charge in [0.1, 0.15) is 23.3 Å². The third-order valence-electron chi connectivity index (χ3n) is 11.5. The summed E-state index contributed by atoms with van der Waals surface area (Å²) < 4.78 is 82.2. The Morgan fingerprint density at radius 1 is 0.660 bits per heavy atom. The molecule has 0 bridgehead atoms. The quantitative estimate of drug-likeness (QED) is 0.345. The Morgan fingerprint density at radius 2 is 1.04 bits per heavy atom. The Bertz CT molecular complexity index is 1760. The second-order valence-electron chi connectivity index (χ2n) is 14.9. The number of nitrogens with zero attached hydrogens (tertiary/aromatic N) is 2. The minimum atomic E-state index is -1.07. The Labute approximate surface area is 302 Å². The van der Waals surface area contributed by atoms with Crippen LogP contribution in [0.1, 0.15) is 51.4 Å². The lowest BCUT2D eigenvalue weighted by Gasteiger charge is -2.44. The number of rotatable bonds is 4. The molecule has 0 unspecified atom stereocenters. The van der Waals surface area contributed by atoms with Gasteiger partial charge < -0.3 is 38.6 Å². The number of benzene rings is 2. The highest BCUT2D eigenvalue weighted by molar-refractivity contribution is 6.01. The number of methoxy groups -OCH3 is 1. The zero-order valence-electron chi connectivity index (χ0n) is 29.0. The number of amides is 2. The molecule has 2 saturated carbocycles. The second-order valence-corrected chi connectivity index (χ2v) is 14.9. The first-order valence-corrected chi connectivity index (χ1v) is 17.6. The predicted octanol–water partition coefficient (Wildman–Crippen LogP) is 4.72. The lowest BCUT2D eigenvalue weighted by atomic mass is 9.66. The van der Waals surface area contributed by atoms with Crippen LogP contribution in [0.5, 0.6) is 0 Å². The standard InChI is InChI=1S/C19H21F2NO5.C18H19F2NO5/c1-25-16(23)12-9-18(11-19(10-12)26-4-5-27-19)2-3-22(17(18)24)15-7-13(20)6-14(21)8-15;19-12-5-13(20)7-14(6-12)21-2-1-17(16(21)24)8-11(15(22)23)9-18(10-17)25-3-4-26-18/h6-8,12H,2-5,9-11H2,1H3;5-7,11H,1-4,8-10H2,(H,22,23)/t12-,18-;11-,17+/m00/s1. The van der Waals surface area contributed by atoms with Gasteiger partial charge in [-0.1, -0.05) is 0 Å². The number of hydrogen-bond donors (Lipinski definition) is 1. The molecule has 286 valence electrons. The summed E-state index contributed by atoms with van der Waals surface area (Å²) in [6.07, 6.45) is 2.44. The van der Waals surface area contributed by atoms with Gasteiger partial charge in [0.25, 0.3) is 0 Å². The molecule has 2 aromatic carbocycles. The van der Waals surface area contributed by atoms with Crippen molar-refractivity contribution in [3.63, 3.8) is 0 Å². The summed E-state index contributed by atoms with van der Waals surface area (Å²) >= 11 is 0. The fraction of sp³-hybridized carbons (Fsp3) is 0.568. The van der Waals surface area contributed by atoms with Crippen LogP contribution in [0, 0.1) is 45.9 Å². The summed E-state index contributed by atoms with van der Waals surface area (Å²) in [6.45, 7) is 2.09. The molecule has 2 aromatic rings. The number of carbonyl (C=O) groups is 4. The van der Waals surface area contributed by atoms with Gasteiger partial charge in [-0.25, -0.2) is 17.6 Å². The van der Waals surface area contributed by atoms with Crippen molar-refractivity contribution in [1.82, 2.24) is 0 Å². The molecule has 0 radical (unpaired) electrons. The minimum Gasteiger partial charge on any atom is -0.481 e. The molecule has 8 rings (SSSR count). The molecule has 6 aliphatic rings. The van der Waals surface area contributed by atoms with Gasteiger partial charge in [0.05, 0.1) is 56.2 Å². The third kappa shape index (κ3) is 7.01. The van der Waals surface area contributed by atoms with Crippen LogP contribution in [-0.2, 0) is 42.9 Å². The number of hydrogen-bond acceptors (Lipinski definition) is 9. The van der Waals surface area contributed by atoms with Gasteiger partial charge in [-0.2, -0.15) is 0 Å². The molecule has 4 saturated heterocycles. The van der Waals surface area contributed by atoms with E-state index in [1.807, 2.05) is 0 Å². The maximum atomic E-state index is 13.6. The van der Waals surface area contributed by atoms with Crippen molar-refractivity contribution >= 4 is 35.1 Å². The van der Waals surface area contributed by atoms with Crippen molar-refractivity contribution in [2.75, 3.05) is 56.4 Å². The molecule has 4 spiro atoms. The molecule has 4 atom stereocenters. The first kappa shape index (κ1) is 37.2. The van der Waals surface area contributed by atoms with E-state index in [4.69, 9.17) is 23.7 Å². The number of carbonyl (C=O) groups excluding carboxylic acids is 3. The van der Waals surface area contributed by atoms with E-state index in [1.54, 1.807) is 0 Å². The van der Waals surface area contributed by atoms with Crippen LogP contribution in [0.4, 0.5) is 28.9 Å². The average Bonchev–Trinajstić information content (AvgIpc) is 3.88. The van der Waals surface area contributed by atoms with Crippen LogP contribution in [0.15, 0.2) is 36.4 Å². The van der Waals surface area contributed by atoms with Crippen molar-refractivity contribution in [3.8, 4) is 0 Å². The van der Waals surface area contributed by atoms with E-state index >= 15 is 0 Å². The highest BCUT2D eigenvalue weighted by Gasteiger charge is 2.61. The number of ether oxygens (including phenoxy) is 5. The van der Waals surface area contributed by atoms with Gasteiger partial charge in [-0.15, -0.1) is 0 Å². The largest absolute Gasteiger partial charge is 0.481 e. The zero-order valence-corrected chi connectivity index (χ0v) is 29.0. The summed E-state index contributed by atoms with van der Waals surface area (Å²) in [7, 11) is 1.31. The van der Waals surface area contributed by atoms with E-state index in [-0.39, 0.29) is 49.0 Å². The van der Waals surface area contributed by atoms with Gasteiger partial charge in [0.15, 0.2) is 11.6 Å². The summed E-state index contributed by atoms with van der Waals surface area (Å²) in [4.78, 5) is 53.1. The molecule has 0 aromatic heterocycles. The Morgan fingerprint density at radius 3 is 1.42 bits per heavy atom. The van der Waals surface area contributed by atoms with Gasteiger partial charge in [-0.3, -0.25) is 19.2 Å². The van der Waals surface area contributed by atoms with E-state index in [2.05, 4.69) is 0 Å².